The molecule has 0 aromatic heterocycles. The van der Waals surface area contributed by atoms with E-state index in [1.54, 1.807) is 0 Å². The van der Waals surface area contributed by atoms with Gasteiger partial charge in [0, 0.05) is 26.4 Å². The second kappa shape index (κ2) is 26.4. The Kier molecular flexibility index (Phi) is 23.8. The van der Waals surface area contributed by atoms with Gasteiger partial charge in [-0.1, -0.05) is 0 Å². The molecule has 8 amide bonds. The van der Waals surface area contributed by atoms with Gasteiger partial charge in [-0.3, -0.25) is 43.3 Å². The second-order valence-corrected chi connectivity index (χ2v) is 13.3. The molecule has 17 N–H and O–H groups in total. The predicted octanol–water partition coefficient (Wildman–Crippen LogP) is -6.15. The number of unbranched alkanes of at least 4 members (excludes halogenated alkanes) is 1. The normalized spacial score (nSPS) is 15.6. The van der Waals surface area contributed by atoms with Crippen molar-refractivity contribution in [1.29, 1.82) is 0 Å². The lowest BCUT2D eigenvalue weighted by molar-refractivity contribution is -0.137. The quantitative estimate of drug-likeness (QED) is 0.0159. The first-order valence-electron chi connectivity index (χ1n) is 18.1. The fourth-order valence-corrected chi connectivity index (χ4v) is 4.84. The van der Waals surface area contributed by atoms with Gasteiger partial charge >= 0.3 is 0 Å². The third-order valence-corrected chi connectivity index (χ3v) is 7.93. The van der Waals surface area contributed by atoms with Crippen LogP contribution >= 0.6 is 0 Å². The summed E-state index contributed by atoms with van der Waals surface area (Å²) in [6.07, 6.45) is -2.71. The number of hydrogen-bond donors (Lipinski definition) is 13. The molecule has 0 spiro atoms. The van der Waals surface area contributed by atoms with Crippen molar-refractivity contribution in [2.45, 2.75) is 134 Å². The fraction of sp³-hybridized carbons (Fsp3) is 0.697. The van der Waals surface area contributed by atoms with Crippen molar-refractivity contribution in [3.63, 3.8) is 0 Å². The molecule has 0 aliphatic rings. The molecule has 0 heterocycles. The summed E-state index contributed by atoms with van der Waals surface area (Å²) in [7, 11) is 0. The van der Waals surface area contributed by atoms with Crippen molar-refractivity contribution in [3.8, 4) is 0 Å². The average Bonchev–Trinajstić information content (AvgIpc) is 3.10. The number of aliphatic imine (C=N–C) groups is 1. The van der Waals surface area contributed by atoms with Crippen molar-refractivity contribution in [2.75, 3.05) is 13.1 Å². The highest BCUT2D eigenvalue weighted by Gasteiger charge is 2.35. The molecule has 0 aliphatic carbocycles. The van der Waals surface area contributed by atoms with E-state index in [0.29, 0.717) is 12.7 Å². The summed E-state index contributed by atoms with van der Waals surface area (Å²) in [5, 5.41) is 37.6. The topological polar surface area (TPSA) is 395 Å². The first kappa shape index (κ1) is 50.6. The van der Waals surface area contributed by atoms with E-state index in [-0.39, 0.29) is 57.1 Å². The monoisotopic (exact) mass is 800 g/mol. The number of aliphatic hydroxyl groups excluding tert-OH is 2. The van der Waals surface area contributed by atoms with Crippen LogP contribution in [0.1, 0.15) is 79.6 Å². The van der Waals surface area contributed by atoms with Gasteiger partial charge in [-0.25, -0.2) is 0 Å². The van der Waals surface area contributed by atoms with Crippen LogP contribution in [0.5, 0.6) is 0 Å². The van der Waals surface area contributed by atoms with E-state index in [9.17, 15) is 53.4 Å². The summed E-state index contributed by atoms with van der Waals surface area (Å²) in [5.74, 6) is -6.86. The molecule has 0 aromatic rings. The van der Waals surface area contributed by atoms with Gasteiger partial charge < -0.3 is 75.2 Å². The average molecular weight is 801 g/mol. The van der Waals surface area contributed by atoms with Crippen LogP contribution in [0, 0.1) is 0 Å². The van der Waals surface area contributed by atoms with Crippen molar-refractivity contribution in [3.05, 3.63) is 0 Å². The number of nitrogens with zero attached hydrogens (tertiary/aromatic N) is 1. The molecule has 0 saturated heterocycles. The van der Waals surface area contributed by atoms with Crippen molar-refractivity contribution < 1.29 is 53.4 Å². The molecule has 0 fully saturated rings. The predicted molar refractivity (Wildman–Crippen MR) is 201 cm³/mol. The zero-order valence-corrected chi connectivity index (χ0v) is 32.5. The van der Waals surface area contributed by atoms with Crippen LogP contribution in [-0.2, 0) is 43.2 Å². The van der Waals surface area contributed by atoms with Crippen LogP contribution in [0.3, 0.4) is 0 Å². The molecule has 318 valence electrons. The van der Waals surface area contributed by atoms with Crippen molar-refractivity contribution in [1.82, 2.24) is 37.2 Å². The summed E-state index contributed by atoms with van der Waals surface area (Å²) >= 11 is 0. The first-order chi connectivity index (χ1) is 26.1. The van der Waals surface area contributed by atoms with Gasteiger partial charge in [-0.05, 0) is 66.2 Å². The Labute approximate surface area is 325 Å². The Bertz CT molecular complexity index is 1390. The number of nitrogens with one attached hydrogen (secondary N) is 7. The van der Waals surface area contributed by atoms with Gasteiger partial charge in [-0.15, -0.1) is 0 Å². The summed E-state index contributed by atoms with van der Waals surface area (Å²) in [6, 6.07) is -9.48. The molecule has 0 rings (SSSR count). The maximum atomic E-state index is 13.8. The van der Waals surface area contributed by atoms with Crippen molar-refractivity contribution >= 4 is 59.5 Å². The second-order valence-electron chi connectivity index (χ2n) is 13.3. The van der Waals surface area contributed by atoms with Crippen LogP contribution in [0.2, 0.25) is 0 Å². The number of aliphatic hydroxyl groups is 2. The SMILES string of the molecule is CC(=O)NCCCC[C@H](NC(=O)[C@@H](NC(=O)[C@H](CCCN=C(N)N)NC(=O)[C@H](C)N)[C@@H](C)O)C(=O)N[C@@H](CCC(N)=O)C(=O)N[C@H](C(=O)N[C@@H](C)C=O)[C@@H](C)O. The molecule has 0 saturated carbocycles. The van der Waals surface area contributed by atoms with Crippen molar-refractivity contribution in [2.24, 2.45) is 27.9 Å². The summed E-state index contributed by atoms with van der Waals surface area (Å²) in [6.45, 7) is 6.76. The highest BCUT2D eigenvalue weighted by Crippen LogP contribution is 2.08. The largest absolute Gasteiger partial charge is 0.391 e. The molecule has 0 aliphatic heterocycles. The molecule has 0 radical (unpaired) electrons. The highest BCUT2D eigenvalue weighted by atomic mass is 16.3. The molecule has 56 heavy (non-hydrogen) atoms. The molecule has 23 heteroatoms. The van der Waals surface area contributed by atoms with Gasteiger partial charge in [0.15, 0.2) is 5.96 Å². The Balaban J connectivity index is 6.41. The lowest BCUT2D eigenvalue weighted by Gasteiger charge is -2.28. The summed E-state index contributed by atoms with van der Waals surface area (Å²) in [4.78, 5) is 117. The summed E-state index contributed by atoms with van der Waals surface area (Å²) in [5.41, 5.74) is 21.6. The third-order valence-electron chi connectivity index (χ3n) is 7.93. The third kappa shape index (κ3) is 20.9. The van der Waals surface area contributed by atoms with Gasteiger partial charge in [0.25, 0.3) is 0 Å². The Morgan fingerprint density at radius 1 is 0.625 bits per heavy atom. The van der Waals surface area contributed by atoms with E-state index in [4.69, 9.17) is 22.9 Å². The lowest BCUT2D eigenvalue weighted by Crippen LogP contribution is -2.62. The lowest BCUT2D eigenvalue weighted by atomic mass is 10.0. The Morgan fingerprint density at radius 3 is 1.52 bits per heavy atom. The van der Waals surface area contributed by atoms with Crippen LogP contribution < -0.4 is 60.2 Å². The Hall–Kier alpha value is -5.42. The maximum Gasteiger partial charge on any atom is 0.245 e. The van der Waals surface area contributed by atoms with Crippen LogP contribution in [0.25, 0.3) is 0 Å². The first-order valence-corrected chi connectivity index (χ1v) is 18.1. The van der Waals surface area contributed by atoms with E-state index in [1.807, 2.05) is 0 Å². The number of nitrogens with two attached hydrogens (primary N) is 4. The molecule has 0 aromatic carbocycles. The number of carbonyl (C=O) groups excluding carboxylic acids is 9. The minimum atomic E-state index is -1.68. The number of hydrogen-bond acceptors (Lipinski definition) is 13. The van der Waals surface area contributed by atoms with Gasteiger partial charge in [0.1, 0.15) is 36.5 Å². The van der Waals surface area contributed by atoms with Gasteiger partial charge in [-0.2, -0.15) is 0 Å². The summed E-state index contributed by atoms with van der Waals surface area (Å²) < 4.78 is 0. The van der Waals surface area contributed by atoms with E-state index < -0.39 is 102 Å². The minimum Gasteiger partial charge on any atom is -0.391 e. The number of rotatable bonds is 27. The van der Waals surface area contributed by atoms with Crippen LogP contribution in [0.15, 0.2) is 4.99 Å². The molecular formula is C33H60N12O11. The van der Waals surface area contributed by atoms with E-state index >= 15 is 0 Å². The number of aldehydes is 1. The standard InChI is InChI=1S/C33H60N12O11/c1-16(15-46)40-31(55)25(18(3)47)44-30(54)23(11-12-24(35)50)42-28(52)21(9-6-7-13-38-20(5)49)43-32(56)26(19(4)48)45-29(53)22(41-27(51)17(2)34)10-8-14-39-33(36)37/h15-19,21-23,25-26,47-48H,6-14,34H2,1-5H3,(H2,35,50)(H,38,49)(H,40,55)(H,41,51)(H,42,52)(H,43,56)(H,44,54)(H,45,53)(H4,36,37,39)/t16-,17-,18+,19+,21-,22-,23-,25-,26-/m0/s1. The number of guanidine groups is 1. The smallest absolute Gasteiger partial charge is 0.245 e. The fourth-order valence-electron chi connectivity index (χ4n) is 4.84. The number of amides is 8. The van der Waals surface area contributed by atoms with E-state index in [2.05, 4.69) is 42.2 Å². The van der Waals surface area contributed by atoms with E-state index in [1.165, 1.54) is 34.6 Å². The molecule has 9 atom stereocenters. The zero-order valence-electron chi connectivity index (χ0n) is 32.5. The van der Waals surface area contributed by atoms with Crippen LogP contribution in [-0.4, -0.2) is 137 Å². The zero-order chi connectivity index (χ0) is 43.1. The van der Waals surface area contributed by atoms with Gasteiger partial charge in [0.05, 0.1) is 24.3 Å². The van der Waals surface area contributed by atoms with Gasteiger partial charge in [0.2, 0.25) is 47.3 Å². The highest BCUT2D eigenvalue weighted by molar-refractivity contribution is 5.97. The minimum absolute atomic E-state index is 0.00298. The number of carbonyl (C=O) groups is 9. The van der Waals surface area contributed by atoms with E-state index in [0.717, 1.165) is 0 Å². The Morgan fingerprint density at radius 2 is 1.07 bits per heavy atom. The molecular weight excluding hydrogens is 740 g/mol. The molecule has 0 bridgehead atoms. The number of primary amides is 1. The molecule has 23 nitrogen and oxygen atoms in total. The maximum absolute atomic E-state index is 13.8. The van der Waals surface area contributed by atoms with Crippen LogP contribution in [0.4, 0.5) is 0 Å². The molecule has 0 unspecified atom stereocenters.